The van der Waals surface area contributed by atoms with Crippen LogP contribution in [0.2, 0.25) is 0 Å². The van der Waals surface area contributed by atoms with E-state index in [1.165, 1.54) is 0 Å². The maximum Gasteiger partial charge on any atom is 0.251 e. The Morgan fingerprint density at radius 3 is 2.41 bits per heavy atom. The summed E-state index contributed by atoms with van der Waals surface area (Å²) in [5.74, 6) is 2.36. The highest BCUT2D eigenvalue weighted by atomic mass is 16.5. The Bertz CT molecular complexity index is 817. The lowest BCUT2D eigenvalue weighted by molar-refractivity contribution is 0.0954. The highest BCUT2D eigenvalue weighted by Crippen LogP contribution is 2.22. The van der Waals surface area contributed by atoms with Gasteiger partial charge in [-0.25, -0.2) is 4.98 Å². The zero-order chi connectivity index (χ0) is 20.6. The third kappa shape index (κ3) is 5.71. The zero-order valence-corrected chi connectivity index (χ0v) is 17.0. The van der Waals surface area contributed by atoms with Crippen molar-refractivity contribution in [1.82, 2.24) is 15.3 Å². The summed E-state index contributed by atoms with van der Waals surface area (Å²) in [5.41, 5.74) is 1.36. The Kier molecular flexibility index (Phi) is 7.07. The second-order valence-electron chi connectivity index (χ2n) is 6.57. The van der Waals surface area contributed by atoms with Gasteiger partial charge in [-0.2, -0.15) is 4.98 Å². The van der Waals surface area contributed by atoms with Gasteiger partial charge in [-0.15, -0.1) is 0 Å². The second-order valence-corrected chi connectivity index (χ2v) is 6.57. The molecule has 0 radical (unpaired) electrons. The summed E-state index contributed by atoms with van der Waals surface area (Å²) in [5, 5.41) is 6.04. The minimum Gasteiger partial charge on any atom is -0.497 e. The number of hydrogen-bond acceptors (Lipinski definition) is 8. The van der Waals surface area contributed by atoms with Crippen LogP contribution in [0, 0.1) is 6.92 Å². The van der Waals surface area contributed by atoms with Crippen LogP contribution >= 0.6 is 0 Å². The summed E-state index contributed by atoms with van der Waals surface area (Å²) in [6.45, 7) is 5.89. The number of benzene rings is 1. The predicted molar refractivity (Wildman–Crippen MR) is 110 cm³/mol. The lowest BCUT2D eigenvalue weighted by Crippen LogP contribution is -2.37. The molecule has 1 saturated heterocycles. The molecule has 1 aromatic carbocycles. The van der Waals surface area contributed by atoms with Gasteiger partial charge in [0.15, 0.2) is 0 Å². The van der Waals surface area contributed by atoms with E-state index in [1.54, 1.807) is 32.4 Å². The summed E-state index contributed by atoms with van der Waals surface area (Å²) in [6, 6.07) is 7.03. The van der Waals surface area contributed by atoms with Gasteiger partial charge < -0.3 is 29.7 Å². The first-order valence-electron chi connectivity index (χ1n) is 9.52. The summed E-state index contributed by atoms with van der Waals surface area (Å²) in [6.07, 6.45) is 0. The van der Waals surface area contributed by atoms with Crippen molar-refractivity contribution in [3.8, 4) is 11.5 Å². The van der Waals surface area contributed by atoms with Crippen molar-refractivity contribution >= 4 is 17.7 Å². The van der Waals surface area contributed by atoms with Crippen molar-refractivity contribution < 1.29 is 19.0 Å². The maximum absolute atomic E-state index is 12.4. The molecular formula is C20H27N5O4. The molecule has 1 aromatic heterocycles. The van der Waals surface area contributed by atoms with Gasteiger partial charge in [-0.1, -0.05) is 0 Å². The Hall–Kier alpha value is -3.07. The van der Waals surface area contributed by atoms with E-state index in [0.717, 1.165) is 24.6 Å². The first kappa shape index (κ1) is 20.7. The zero-order valence-electron chi connectivity index (χ0n) is 17.0. The van der Waals surface area contributed by atoms with Crippen LogP contribution in [-0.4, -0.2) is 69.5 Å². The quantitative estimate of drug-likeness (QED) is 0.642. The molecule has 0 aliphatic carbocycles. The number of carbonyl (C=O) groups is 1. The monoisotopic (exact) mass is 401 g/mol. The molecule has 0 bridgehead atoms. The van der Waals surface area contributed by atoms with Crippen molar-refractivity contribution in [2.24, 2.45) is 0 Å². The molecule has 0 saturated carbocycles. The van der Waals surface area contributed by atoms with Gasteiger partial charge in [-0.3, -0.25) is 4.79 Å². The number of nitrogens with one attached hydrogen (secondary N) is 2. The molecule has 29 heavy (non-hydrogen) atoms. The molecule has 2 aromatic rings. The van der Waals surface area contributed by atoms with Crippen molar-refractivity contribution in [3.05, 3.63) is 35.5 Å². The topological polar surface area (TPSA) is 97.8 Å². The molecule has 1 aliphatic rings. The lowest BCUT2D eigenvalue weighted by Gasteiger charge is -2.28. The fourth-order valence-corrected chi connectivity index (χ4v) is 2.98. The largest absolute Gasteiger partial charge is 0.497 e. The smallest absolute Gasteiger partial charge is 0.251 e. The van der Waals surface area contributed by atoms with E-state index in [-0.39, 0.29) is 5.91 Å². The van der Waals surface area contributed by atoms with Crippen LogP contribution in [0.5, 0.6) is 11.5 Å². The number of aromatic nitrogens is 2. The van der Waals surface area contributed by atoms with Crippen molar-refractivity contribution in [2.45, 2.75) is 6.92 Å². The first-order chi connectivity index (χ1) is 14.1. The number of aryl methyl sites for hydroxylation is 1. The molecule has 9 heteroatoms. The molecule has 1 aliphatic heterocycles. The van der Waals surface area contributed by atoms with E-state index in [9.17, 15) is 4.79 Å². The van der Waals surface area contributed by atoms with E-state index in [4.69, 9.17) is 14.2 Å². The van der Waals surface area contributed by atoms with Crippen molar-refractivity contribution in [2.75, 3.05) is 63.8 Å². The number of nitrogens with zero attached hydrogens (tertiary/aromatic N) is 3. The molecule has 0 atom stereocenters. The van der Waals surface area contributed by atoms with Gasteiger partial charge >= 0.3 is 0 Å². The number of ether oxygens (including phenoxy) is 3. The Balaban J connectivity index is 1.54. The van der Waals surface area contributed by atoms with Crippen molar-refractivity contribution in [1.29, 1.82) is 0 Å². The normalized spacial score (nSPS) is 13.7. The van der Waals surface area contributed by atoms with Gasteiger partial charge in [0.05, 0.1) is 27.4 Å². The van der Waals surface area contributed by atoms with Crippen LogP contribution in [-0.2, 0) is 4.74 Å². The average Bonchev–Trinajstić information content (AvgIpc) is 2.76. The molecule has 1 amide bonds. The van der Waals surface area contributed by atoms with E-state index in [1.807, 2.05) is 13.0 Å². The third-order valence-electron chi connectivity index (χ3n) is 4.48. The van der Waals surface area contributed by atoms with Gasteiger partial charge in [-0.05, 0) is 19.1 Å². The fourth-order valence-electron chi connectivity index (χ4n) is 2.98. The minimum absolute atomic E-state index is 0.205. The highest BCUT2D eigenvalue weighted by Gasteiger charge is 2.14. The van der Waals surface area contributed by atoms with Crippen molar-refractivity contribution in [3.63, 3.8) is 0 Å². The van der Waals surface area contributed by atoms with Crippen LogP contribution in [0.1, 0.15) is 16.1 Å². The molecule has 1 fully saturated rings. The number of methoxy groups -OCH3 is 2. The van der Waals surface area contributed by atoms with E-state index < -0.39 is 0 Å². The number of anilines is 2. The maximum atomic E-state index is 12.4. The molecule has 2 heterocycles. The molecule has 3 rings (SSSR count). The minimum atomic E-state index is -0.205. The van der Waals surface area contributed by atoms with E-state index in [2.05, 4.69) is 25.5 Å². The van der Waals surface area contributed by atoms with Gasteiger partial charge in [0.1, 0.15) is 17.3 Å². The summed E-state index contributed by atoms with van der Waals surface area (Å²) in [4.78, 5) is 23.6. The number of amides is 1. The predicted octanol–water partition coefficient (Wildman–Crippen LogP) is 1.48. The standard InChI is InChI=1S/C20H27N5O4/c1-14-10-18(25-6-8-29-9-7-25)24-20(23-14)22-5-4-21-19(26)15-11-16(27-2)13-17(12-15)28-3/h10-13H,4-9H2,1-3H3,(H,21,26)(H,22,23,24). The molecule has 2 N–H and O–H groups in total. The molecule has 0 unspecified atom stereocenters. The molecule has 9 nitrogen and oxygen atoms in total. The van der Waals surface area contributed by atoms with Crippen LogP contribution in [0.4, 0.5) is 11.8 Å². The average molecular weight is 401 g/mol. The Labute approximate surface area is 170 Å². The van der Waals surface area contributed by atoms with Gasteiger partial charge in [0, 0.05) is 49.6 Å². The van der Waals surface area contributed by atoms with Crippen LogP contribution in [0.15, 0.2) is 24.3 Å². The number of hydrogen-bond donors (Lipinski definition) is 2. The van der Waals surface area contributed by atoms with E-state index in [0.29, 0.717) is 49.3 Å². The molecular weight excluding hydrogens is 374 g/mol. The summed E-state index contributed by atoms with van der Waals surface area (Å²) >= 11 is 0. The number of rotatable bonds is 8. The van der Waals surface area contributed by atoms with Gasteiger partial charge in [0.25, 0.3) is 5.91 Å². The first-order valence-corrected chi connectivity index (χ1v) is 9.52. The Morgan fingerprint density at radius 2 is 1.76 bits per heavy atom. The van der Waals surface area contributed by atoms with Crippen LogP contribution in [0.3, 0.4) is 0 Å². The Morgan fingerprint density at radius 1 is 1.07 bits per heavy atom. The van der Waals surface area contributed by atoms with Crippen LogP contribution < -0.4 is 25.0 Å². The molecule has 0 spiro atoms. The molecule has 156 valence electrons. The fraction of sp³-hybridized carbons (Fsp3) is 0.450. The third-order valence-corrected chi connectivity index (χ3v) is 4.48. The lowest BCUT2D eigenvalue weighted by atomic mass is 10.2. The summed E-state index contributed by atoms with van der Waals surface area (Å²) in [7, 11) is 3.10. The highest BCUT2D eigenvalue weighted by molar-refractivity contribution is 5.95. The van der Waals surface area contributed by atoms with Gasteiger partial charge in [0.2, 0.25) is 5.95 Å². The SMILES string of the molecule is COc1cc(OC)cc(C(=O)NCCNc2nc(C)cc(N3CCOCC3)n2)c1. The second kappa shape index (κ2) is 9.92. The summed E-state index contributed by atoms with van der Waals surface area (Å²) < 4.78 is 15.8. The van der Waals surface area contributed by atoms with Crippen LogP contribution in [0.25, 0.3) is 0 Å². The van der Waals surface area contributed by atoms with E-state index >= 15 is 0 Å². The number of morpholine rings is 1. The number of carbonyl (C=O) groups excluding carboxylic acids is 1.